The number of rotatable bonds is 6. The van der Waals surface area contributed by atoms with E-state index < -0.39 is 0 Å². The topological polar surface area (TPSA) is 66.7 Å². The van der Waals surface area contributed by atoms with Gasteiger partial charge in [-0.25, -0.2) is 0 Å². The van der Waals surface area contributed by atoms with Crippen LogP contribution in [-0.2, 0) is 4.79 Å². The molecule has 0 spiro atoms. The van der Waals surface area contributed by atoms with Gasteiger partial charge in [0, 0.05) is 37.3 Å². The van der Waals surface area contributed by atoms with Crippen molar-refractivity contribution < 1.29 is 14.1 Å². The zero-order chi connectivity index (χ0) is 22.5. The highest BCUT2D eigenvalue weighted by Crippen LogP contribution is 2.36. The first-order valence-electron chi connectivity index (χ1n) is 10.4. The number of carbonyl (C=O) groups excluding carboxylic acids is 2. The van der Waals surface area contributed by atoms with Gasteiger partial charge >= 0.3 is 0 Å². The Morgan fingerprint density at radius 3 is 2.25 bits per heavy atom. The van der Waals surface area contributed by atoms with Gasteiger partial charge in [-0.3, -0.25) is 9.59 Å². The third kappa shape index (κ3) is 5.34. The summed E-state index contributed by atoms with van der Waals surface area (Å²) in [6.45, 7) is 3.76. The molecule has 1 aliphatic heterocycles. The third-order valence-corrected chi connectivity index (χ3v) is 6.95. The summed E-state index contributed by atoms with van der Waals surface area (Å²) >= 11 is 7.66. The highest BCUT2D eigenvalue weighted by atomic mass is 35.5. The quantitative estimate of drug-likeness (QED) is 0.533. The second-order valence-corrected chi connectivity index (χ2v) is 9.19. The molecule has 0 bridgehead atoms. The van der Waals surface area contributed by atoms with E-state index in [2.05, 4.69) is 17.3 Å². The molecule has 1 aromatic heterocycles. The number of thioether (sulfide) groups is 1. The van der Waals surface area contributed by atoms with Crippen LogP contribution in [0.15, 0.2) is 65.2 Å². The molecule has 2 aromatic carbocycles. The Bertz CT molecular complexity index is 1060. The van der Waals surface area contributed by atoms with Crippen molar-refractivity contribution in [2.24, 2.45) is 0 Å². The van der Waals surface area contributed by atoms with Crippen molar-refractivity contribution in [1.82, 2.24) is 15.0 Å². The van der Waals surface area contributed by atoms with E-state index >= 15 is 0 Å². The molecule has 1 saturated heterocycles. The minimum absolute atomic E-state index is 0.0370. The maximum Gasteiger partial charge on any atom is 0.292 e. The number of amides is 2. The Morgan fingerprint density at radius 2 is 1.62 bits per heavy atom. The van der Waals surface area contributed by atoms with E-state index in [-0.39, 0.29) is 22.8 Å². The molecular weight excluding hydrogens is 446 g/mol. The summed E-state index contributed by atoms with van der Waals surface area (Å²) < 4.78 is 5.08. The van der Waals surface area contributed by atoms with Gasteiger partial charge in [0.25, 0.3) is 5.91 Å². The van der Waals surface area contributed by atoms with E-state index in [4.69, 9.17) is 16.1 Å². The Balaban J connectivity index is 1.35. The molecule has 1 unspecified atom stereocenters. The van der Waals surface area contributed by atoms with E-state index in [1.165, 1.54) is 0 Å². The van der Waals surface area contributed by atoms with Gasteiger partial charge in [0.05, 0.1) is 16.7 Å². The van der Waals surface area contributed by atoms with E-state index in [1.807, 2.05) is 47.4 Å². The molecule has 166 valence electrons. The number of benzene rings is 2. The number of hydrogen-bond donors (Lipinski definition) is 0. The van der Waals surface area contributed by atoms with Gasteiger partial charge in [-0.1, -0.05) is 59.2 Å². The molecule has 3 aromatic rings. The lowest BCUT2D eigenvalue weighted by molar-refractivity contribution is -0.129. The fraction of sp³-hybridized carbons (Fsp3) is 0.292. The third-order valence-electron chi connectivity index (χ3n) is 5.41. The summed E-state index contributed by atoms with van der Waals surface area (Å²) in [5.41, 5.74) is 2.93. The molecule has 1 atom stereocenters. The second kappa shape index (κ2) is 10.2. The summed E-state index contributed by atoms with van der Waals surface area (Å²) in [5.74, 6) is 0.496. The first-order valence-corrected chi connectivity index (χ1v) is 11.9. The molecule has 2 amide bonds. The van der Waals surface area contributed by atoms with Crippen LogP contribution in [0.1, 0.15) is 32.6 Å². The molecule has 0 saturated carbocycles. The smallest absolute Gasteiger partial charge is 0.292 e. The van der Waals surface area contributed by atoms with Crippen LogP contribution in [0.4, 0.5) is 0 Å². The Labute approximate surface area is 196 Å². The second-order valence-electron chi connectivity index (χ2n) is 7.66. The molecule has 0 N–H and O–H groups in total. The van der Waals surface area contributed by atoms with Crippen LogP contribution in [0.2, 0.25) is 5.02 Å². The van der Waals surface area contributed by atoms with Crippen molar-refractivity contribution >= 4 is 35.2 Å². The van der Waals surface area contributed by atoms with Crippen molar-refractivity contribution in [1.29, 1.82) is 0 Å². The predicted octanol–water partition coefficient (Wildman–Crippen LogP) is 4.44. The molecular formula is C24H24ClN3O3S. The van der Waals surface area contributed by atoms with E-state index in [9.17, 15) is 9.59 Å². The van der Waals surface area contributed by atoms with Crippen molar-refractivity contribution in [2.45, 2.75) is 12.2 Å². The van der Waals surface area contributed by atoms with Gasteiger partial charge < -0.3 is 14.3 Å². The summed E-state index contributed by atoms with van der Waals surface area (Å²) in [6, 6.07) is 19.6. The van der Waals surface area contributed by atoms with E-state index in [0.717, 1.165) is 11.1 Å². The molecule has 8 heteroatoms. The molecule has 0 radical (unpaired) electrons. The van der Waals surface area contributed by atoms with Gasteiger partial charge in [-0.2, -0.15) is 0 Å². The molecule has 4 rings (SSSR count). The molecule has 6 nitrogen and oxygen atoms in total. The molecule has 1 fully saturated rings. The van der Waals surface area contributed by atoms with Crippen LogP contribution in [-0.4, -0.2) is 58.7 Å². The number of piperazine rings is 1. The Hall–Kier alpha value is -2.77. The molecule has 0 aliphatic carbocycles. The Kier molecular flexibility index (Phi) is 7.17. The number of carbonyl (C=O) groups is 2. The zero-order valence-electron chi connectivity index (χ0n) is 17.7. The van der Waals surface area contributed by atoms with E-state index in [0.29, 0.717) is 42.6 Å². The lowest BCUT2D eigenvalue weighted by atomic mass is 10.0. The summed E-state index contributed by atoms with van der Waals surface area (Å²) in [7, 11) is 0. The first kappa shape index (κ1) is 22.4. The van der Waals surface area contributed by atoms with Crippen LogP contribution in [0.3, 0.4) is 0 Å². The lowest BCUT2D eigenvalue weighted by Crippen LogP contribution is -2.51. The monoisotopic (exact) mass is 469 g/mol. The molecule has 32 heavy (non-hydrogen) atoms. The number of aryl methyl sites for hydroxylation is 1. The number of hydrogen-bond acceptors (Lipinski definition) is 5. The van der Waals surface area contributed by atoms with Crippen LogP contribution >= 0.6 is 23.4 Å². The average Bonchev–Trinajstić information content (AvgIpc) is 3.27. The van der Waals surface area contributed by atoms with Crippen LogP contribution in [0.25, 0.3) is 0 Å². The number of aromatic nitrogens is 1. The van der Waals surface area contributed by atoms with Gasteiger partial charge in [0.15, 0.2) is 0 Å². The highest BCUT2D eigenvalue weighted by Gasteiger charge is 2.27. The van der Waals surface area contributed by atoms with Crippen molar-refractivity contribution in [2.75, 3.05) is 31.9 Å². The van der Waals surface area contributed by atoms with Gasteiger partial charge in [-0.15, -0.1) is 11.8 Å². The maximum atomic E-state index is 12.9. The van der Waals surface area contributed by atoms with Crippen LogP contribution in [0.5, 0.6) is 0 Å². The zero-order valence-corrected chi connectivity index (χ0v) is 19.3. The minimum atomic E-state index is -0.182. The molecule has 1 aliphatic rings. The van der Waals surface area contributed by atoms with Crippen LogP contribution in [0, 0.1) is 6.92 Å². The van der Waals surface area contributed by atoms with Crippen molar-refractivity contribution in [3.63, 3.8) is 0 Å². The highest BCUT2D eigenvalue weighted by molar-refractivity contribution is 8.00. The van der Waals surface area contributed by atoms with Crippen LogP contribution < -0.4 is 0 Å². The first-order chi connectivity index (χ1) is 15.5. The Morgan fingerprint density at radius 1 is 1.00 bits per heavy atom. The van der Waals surface area contributed by atoms with Crippen molar-refractivity contribution in [3.05, 3.63) is 88.3 Å². The maximum absolute atomic E-state index is 12.9. The summed E-state index contributed by atoms with van der Waals surface area (Å²) in [6.07, 6.45) is 0. The standard InChI is InChI=1S/C24H24ClN3O3S/c1-17-15-21(31-26-17)24(30)28-13-11-27(12-14-28)22(29)16-32-23(18-5-3-2-4-6-18)19-7-9-20(25)10-8-19/h2-10,15,23H,11-14,16H2,1H3. The van der Waals surface area contributed by atoms with Crippen molar-refractivity contribution in [3.8, 4) is 0 Å². The van der Waals surface area contributed by atoms with Gasteiger partial charge in [-0.05, 0) is 30.2 Å². The SMILES string of the molecule is Cc1cc(C(=O)N2CCN(C(=O)CSC(c3ccccc3)c3ccc(Cl)cc3)CC2)on1. The van der Waals surface area contributed by atoms with Gasteiger partial charge in [0.1, 0.15) is 0 Å². The lowest BCUT2D eigenvalue weighted by Gasteiger charge is -2.34. The molecule has 2 heterocycles. The average molecular weight is 470 g/mol. The van der Waals surface area contributed by atoms with E-state index in [1.54, 1.807) is 29.7 Å². The predicted molar refractivity (Wildman–Crippen MR) is 126 cm³/mol. The fourth-order valence-electron chi connectivity index (χ4n) is 3.68. The number of nitrogens with zero attached hydrogens (tertiary/aromatic N) is 3. The minimum Gasteiger partial charge on any atom is -0.351 e. The summed E-state index contributed by atoms with van der Waals surface area (Å²) in [5, 5.41) is 4.50. The largest absolute Gasteiger partial charge is 0.351 e. The summed E-state index contributed by atoms with van der Waals surface area (Å²) in [4.78, 5) is 29.0. The number of halogens is 1. The normalized spacial score (nSPS) is 14.9. The fourth-order valence-corrected chi connectivity index (χ4v) is 4.99. The van der Waals surface area contributed by atoms with Gasteiger partial charge in [0.2, 0.25) is 11.7 Å².